The van der Waals surface area contributed by atoms with Gasteiger partial charge in [0, 0.05) is 22.3 Å². The normalized spacial score (nSPS) is 26.3. The Hall–Kier alpha value is -1.60. The van der Waals surface area contributed by atoms with Crippen LogP contribution in [0.3, 0.4) is 0 Å². The molecule has 0 amide bonds. The first kappa shape index (κ1) is 13.8. The molecule has 1 aromatic rings. The number of hydrogen-bond acceptors (Lipinski definition) is 5. The summed E-state index contributed by atoms with van der Waals surface area (Å²) in [5, 5.41) is 19.7. The number of thioether (sulfide) groups is 1. The zero-order valence-electron chi connectivity index (χ0n) is 10.1. The molecule has 1 aliphatic rings. The number of nitro groups is 1. The Bertz CT molecular complexity index is 505. The number of nitrogens with zero attached hydrogens (tertiary/aromatic N) is 1. The zero-order valence-corrected chi connectivity index (χ0v) is 10.9. The zero-order chi connectivity index (χ0) is 14.0. The van der Waals surface area contributed by atoms with Gasteiger partial charge in [-0.15, -0.1) is 11.8 Å². The maximum atomic E-state index is 11.0. The Labute approximate surface area is 114 Å². The van der Waals surface area contributed by atoms with E-state index in [0.29, 0.717) is 12.8 Å². The first-order valence-electron chi connectivity index (χ1n) is 5.84. The molecule has 2 unspecified atom stereocenters. The highest BCUT2D eigenvalue weighted by Gasteiger charge is 2.42. The van der Waals surface area contributed by atoms with Crippen LogP contribution in [0.25, 0.3) is 0 Å². The molecule has 2 rings (SSSR count). The summed E-state index contributed by atoms with van der Waals surface area (Å²) in [5.74, 6) is -0.959. The van der Waals surface area contributed by atoms with E-state index in [1.807, 2.05) is 0 Å². The van der Waals surface area contributed by atoms with Gasteiger partial charge in [0.1, 0.15) is 5.54 Å². The molecule has 0 spiro atoms. The van der Waals surface area contributed by atoms with Gasteiger partial charge in [-0.2, -0.15) is 0 Å². The Balaban J connectivity index is 1.99. The summed E-state index contributed by atoms with van der Waals surface area (Å²) in [4.78, 5) is 22.0. The standard InChI is InChI=1S/C12H14N2O4S/c13-12(11(15)16)6-5-10(7-12)19-9-3-1-8(2-4-9)14(17)18/h1-4,10H,5-7,13H2,(H,15,16). The Morgan fingerprint density at radius 2 is 2.11 bits per heavy atom. The van der Waals surface area contributed by atoms with Crippen molar-refractivity contribution in [2.45, 2.75) is 34.9 Å². The number of carbonyl (C=O) groups is 1. The number of carboxylic acids is 1. The summed E-state index contributed by atoms with van der Waals surface area (Å²) in [6.45, 7) is 0. The number of hydrogen-bond donors (Lipinski definition) is 2. The SMILES string of the molecule is NC1(C(=O)O)CCC(Sc2ccc([N+](=O)[O-])cc2)C1. The Morgan fingerprint density at radius 1 is 1.47 bits per heavy atom. The fourth-order valence-corrected chi connectivity index (χ4v) is 3.46. The molecule has 7 heteroatoms. The van der Waals surface area contributed by atoms with Gasteiger partial charge in [-0.1, -0.05) is 0 Å². The van der Waals surface area contributed by atoms with E-state index in [0.717, 1.165) is 11.3 Å². The first-order chi connectivity index (χ1) is 8.90. The van der Waals surface area contributed by atoms with Crippen LogP contribution in [0.2, 0.25) is 0 Å². The van der Waals surface area contributed by atoms with Crippen LogP contribution in [-0.4, -0.2) is 26.8 Å². The van der Waals surface area contributed by atoms with Crippen LogP contribution in [0.5, 0.6) is 0 Å². The van der Waals surface area contributed by atoms with Crippen molar-refractivity contribution >= 4 is 23.4 Å². The lowest BCUT2D eigenvalue weighted by Gasteiger charge is -2.17. The van der Waals surface area contributed by atoms with Gasteiger partial charge >= 0.3 is 5.97 Å². The van der Waals surface area contributed by atoms with Gasteiger partial charge in [0.15, 0.2) is 0 Å². The lowest BCUT2D eigenvalue weighted by atomic mass is 10.0. The molecule has 1 saturated carbocycles. The number of rotatable bonds is 4. The van der Waals surface area contributed by atoms with Gasteiger partial charge < -0.3 is 10.8 Å². The number of benzene rings is 1. The molecular weight excluding hydrogens is 268 g/mol. The van der Waals surface area contributed by atoms with E-state index in [4.69, 9.17) is 10.8 Å². The minimum atomic E-state index is -1.13. The van der Waals surface area contributed by atoms with E-state index in [1.54, 1.807) is 12.1 Å². The fourth-order valence-electron chi connectivity index (χ4n) is 2.16. The summed E-state index contributed by atoms with van der Waals surface area (Å²) in [6.07, 6.45) is 1.63. The Kier molecular flexibility index (Phi) is 3.77. The molecular formula is C12H14N2O4S. The molecule has 1 aromatic carbocycles. The van der Waals surface area contributed by atoms with Gasteiger partial charge in [-0.25, -0.2) is 0 Å². The molecule has 2 atom stereocenters. The summed E-state index contributed by atoms with van der Waals surface area (Å²) in [6, 6.07) is 6.26. The topological polar surface area (TPSA) is 106 Å². The van der Waals surface area contributed by atoms with Crippen LogP contribution in [0.1, 0.15) is 19.3 Å². The third kappa shape index (κ3) is 3.05. The number of aliphatic carboxylic acids is 1. The maximum absolute atomic E-state index is 11.0. The summed E-state index contributed by atoms with van der Waals surface area (Å²) in [5.41, 5.74) is 4.73. The van der Waals surface area contributed by atoms with Crippen LogP contribution in [0.15, 0.2) is 29.2 Å². The van der Waals surface area contributed by atoms with Gasteiger partial charge in [-0.3, -0.25) is 14.9 Å². The van der Waals surface area contributed by atoms with Crippen LogP contribution in [0.4, 0.5) is 5.69 Å². The quantitative estimate of drug-likeness (QED) is 0.646. The fraction of sp³-hybridized carbons (Fsp3) is 0.417. The van der Waals surface area contributed by atoms with E-state index in [-0.39, 0.29) is 10.9 Å². The summed E-state index contributed by atoms with van der Waals surface area (Å²) in [7, 11) is 0. The molecule has 6 nitrogen and oxygen atoms in total. The highest BCUT2D eigenvalue weighted by atomic mass is 32.2. The largest absolute Gasteiger partial charge is 0.480 e. The van der Waals surface area contributed by atoms with Crippen LogP contribution in [0, 0.1) is 10.1 Å². The number of non-ortho nitro benzene ring substituents is 1. The first-order valence-corrected chi connectivity index (χ1v) is 6.72. The van der Waals surface area contributed by atoms with E-state index in [2.05, 4.69) is 0 Å². The predicted octanol–water partition coefficient (Wildman–Crippen LogP) is 2.02. The second kappa shape index (κ2) is 5.18. The van der Waals surface area contributed by atoms with Gasteiger partial charge in [0.05, 0.1) is 4.92 Å². The minimum absolute atomic E-state index is 0.0504. The molecule has 102 valence electrons. The average Bonchev–Trinajstić information content (AvgIpc) is 2.73. The van der Waals surface area contributed by atoms with Gasteiger partial charge in [-0.05, 0) is 31.4 Å². The molecule has 0 aliphatic heterocycles. The van der Waals surface area contributed by atoms with E-state index >= 15 is 0 Å². The minimum Gasteiger partial charge on any atom is -0.480 e. The molecule has 0 heterocycles. The van der Waals surface area contributed by atoms with Crippen LogP contribution >= 0.6 is 11.8 Å². The number of carboxylic acid groups (broad SMARTS) is 1. The highest BCUT2D eigenvalue weighted by Crippen LogP contribution is 2.39. The van der Waals surface area contributed by atoms with Crippen LogP contribution in [-0.2, 0) is 4.79 Å². The molecule has 3 N–H and O–H groups in total. The van der Waals surface area contributed by atoms with Gasteiger partial charge in [0.2, 0.25) is 0 Å². The van der Waals surface area contributed by atoms with Crippen molar-refractivity contribution in [2.75, 3.05) is 0 Å². The third-order valence-electron chi connectivity index (χ3n) is 3.28. The van der Waals surface area contributed by atoms with Crippen molar-refractivity contribution < 1.29 is 14.8 Å². The predicted molar refractivity (Wildman–Crippen MR) is 71.1 cm³/mol. The molecule has 1 aliphatic carbocycles. The molecule has 0 radical (unpaired) electrons. The second-order valence-corrected chi connectivity index (χ2v) is 6.07. The summed E-state index contributed by atoms with van der Waals surface area (Å²) < 4.78 is 0. The number of nitrogens with two attached hydrogens (primary N) is 1. The van der Waals surface area contributed by atoms with E-state index < -0.39 is 16.4 Å². The summed E-state index contributed by atoms with van der Waals surface area (Å²) >= 11 is 1.53. The van der Waals surface area contributed by atoms with E-state index in [1.165, 1.54) is 23.9 Å². The van der Waals surface area contributed by atoms with E-state index in [9.17, 15) is 14.9 Å². The molecule has 0 aromatic heterocycles. The third-order valence-corrected chi connectivity index (χ3v) is 4.56. The smallest absolute Gasteiger partial charge is 0.323 e. The van der Waals surface area contributed by atoms with Crippen molar-refractivity contribution in [3.63, 3.8) is 0 Å². The molecule has 0 saturated heterocycles. The average molecular weight is 282 g/mol. The number of nitro benzene ring substituents is 1. The van der Waals surface area contributed by atoms with Gasteiger partial charge in [0.25, 0.3) is 5.69 Å². The lowest BCUT2D eigenvalue weighted by Crippen LogP contribution is -2.45. The van der Waals surface area contributed by atoms with Crippen LogP contribution < -0.4 is 5.73 Å². The van der Waals surface area contributed by atoms with Crippen molar-refractivity contribution in [3.8, 4) is 0 Å². The molecule has 0 bridgehead atoms. The van der Waals surface area contributed by atoms with Crippen molar-refractivity contribution in [2.24, 2.45) is 5.73 Å². The highest BCUT2D eigenvalue weighted by molar-refractivity contribution is 8.00. The van der Waals surface area contributed by atoms with Crippen molar-refractivity contribution in [1.82, 2.24) is 0 Å². The van der Waals surface area contributed by atoms with Crippen molar-refractivity contribution in [1.29, 1.82) is 0 Å². The molecule has 19 heavy (non-hydrogen) atoms. The monoisotopic (exact) mass is 282 g/mol. The Morgan fingerprint density at radius 3 is 2.58 bits per heavy atom. The lowest BCUT2D eigenvalue weighted by molar-refractivity contribution is -0.384. The molecule has 1 fully saturated rings. The van der Waals surface area contributed by atoms with Crippen molar-refractivity contribution in [3.05, 3.63) is 34.4 Å². The maximum Gasteiger partial charge on any atom is 0.323 e. The second-order valence-electron chi connectivity index (χ2n) is 4.69.